The van der Waals surface area contributed by atoms with E-state index in [1.165, 1.54) is 5.69 Å². The molecule has 1 aromatic heterocycles. The molecule has 0 saturated heterocycles. The number of nitrogens with two attached hydrogens (primary N) is 1. The van der Waals surface area contributed by atoms with Crippen molar-refractivity contribution in [3.05, 3.63) is 17.7 Å². The minimum atomic E-state index is 0.197. The molecule has 2 N–H and O–H groups in total. The standard InChI is InChI=1S/C9H17N3/c1-4-9-5-11-8(3)12(9)6-7(2)10/h5,7H,4,6,10H2,1-3H3. The first kappa shape index (κ1) is 9.26. The molecule has 0 amide bonds. The third kappa shape index (κ3) is 1.85. The van der Waals surface area contributed by atoms with Crippen LogP contribution in [0, 0.1) is 6.92 Å². The summed E-state index contributed by atoms with van der Waals surface area (Å²) in [5.41, 5.74) is 7.00. The zero-order valence-corrected chi connectivity index (χ0v) is 8.04. The van der Waals surface area contributed by atoms with E-state index in [0.717, 1.165) is 18.8 Å². The molecule has 3 nitrogen and oxygen atoms in total. The van der Waals surface area contributed by atoms with Crippen molar-refractivity contribution in [2.24, 2.45) is 5.73 Å². The SMILES string of the molecule is CCc1cnc(C)n1CC(C)N. The molecule has 0 fully saturated rings. The van der Waals surface area contributed by atoms with Crippen LogP contribution in [0.3, 0.4) is 0 Å². The van der Waals surface area contributed by atoms with E-state index < -0.39 is 0 Å². The first-order valence-electron chi connectivity index (χ1n) is 4.41. The van der Waals surface area contributed by atoms with Crippen molar-refractivity contribution in [2.45, 2.75) is 39.8 Å². The number of nitrogens with zero attached hydrogens (tertiary/aromatic N) is 2. The van der Waals surface area contributed by atoms with Gasteiger partial charge in [0.25, 0.3) is 0 Å². The quantitative estimate of drug-likeness (QED) is 0.732. The largest absolute Gasteiger partial charge is 0.331 e. The number of hydrogen-bond donors (Lipinski definition) is 1. The molecule has 0 radical (unpaired) electrons. The maximum Gasteiger partial charge on any atom is 0.105 e. The Kier molecular flexibility index (Phi) is 2.87. The highest BCUT2D eigenvalue weighted by Gasteiger charge is 2.05. The smallest absolute Gasteiger partial charge is 0.105 e. The first-order valence-corrected chi connectivity index (χ1v) is 4.41. The summed E-state index contributed by atoms with van der Waals surface area (Å²) in [6.07, 6.45) is 2.95. The van der Waals surface area contributed by atoms with Gasteiger partial charge in [-0.15, -0.1) is 0 Å². The second-order valence-electron chi connectivity index (χ2n) is 3.24. The van der Waals surface area contributed by atoms with Gasteiger partial charge in [0.1, 0.15) is 5.82 Å². The second-order valence-corrected chi connectivity index (χ2v) is 3.24. The molecule has 3 heteroatoms. The molecule has 0 saturated carbocycles. The average Bonchev–Trinajstić information content (AvgIpc) is 2.32. The van der Waals surface area contributed by atoms with Crippen LogP contribution in [0.5, 0.6) is 0 Å². The van der Waals surface area contributed by atoms with Crippen LogP contribution >= 0.6 is 0 Å². The van der Waals surface area contributed by atoms with E-state index in [1.807, 2.05) is 20.0 Å². The van der Waals surface area contributed by atoms with Crippen molar-refractivity contribution in [2.75, 3.05) is 0 Å². The molecule has 0 aliphatic heterocycles. The summed E-state index contributed by atoms with van der Waals surface area (Å²) >= 11 is 0. The molecule has 1 atom stereocenters. The van der Waals surface area contributed by atoms with Crippen molar-refractivity contribution >= 4 is 0 Å². The van der Waals surface area contributed by atoms with E-state index in [9.17, 15) is 0 Å². The maximum absolute atomic E-state index is 5.73. The van der Waals surface area contributed by atoms with Crippen LogP contribution in [0.15, 0.2) is 6.20 Å². The number of aromatic nitrogens is 2. The third-order valence-electron chi connectivity index (χ3n) is 1.97. The molecule has 0 aliphatic rings. The highest BCUT2D eigenvalue weighted by atomic mass is 15.1. The monoisotopic (exact) mass is 167 g/mol. The number of aryl methyl sites for hydroxylation is 2. The summed E-state index contributed by atoms with van der Waals surface area (Å²) in [7, 11) is 0. The highest BCUT2D eigenvalue weighted by Crippen LogP contribution is 2.05. The van der Waals surface area contributed by atoms with Crippen LogP contribution in [0.4, 0.5) is 0 Å². The molecule has 0 aliphatic carbocycles. The van der Waals surface area contributed by atoms with Gasteiger partial charge in [-0.1, -0.05) is 6.92 Å². The Morgan fingerprint density at radius 1 is 1.67 bits per heavy atom. The first-order chi connectivity index (χ1) is 5.65. The van der Waals surface area contributed by atoms with Crippen LogP contribution in [-0.4, -0.2) is 15.6 Å². The molecule has 1 unspecified atom stereocenters. The van der Waals surface area contributed by atoms with Crippen molar-refractivity contribution in [3.63, 3.8) is 0 Å². The predicted octanol–water partition coefficient (Wildman–Crippen LogP) is 1.10. The van der Waals surface area contributed by atoms with Gasteiger partial charge in [-0.2, -0.15) is 0 Å². The lowest BCUT2D eigenvalue weighted by atomic mass is 10.3. The Labute approximate surface area is 73.6 Å². The van der Waals surface area contributed by atoms with E-state index in [-0.39, 0.29) is 6.04 Å². The lowest BCUT2D eigenvalue weighted by Crippen LogP contribution is -2.23. The van der Waals surface area contributed by atoms with Crippen LogP contribution in [0.25, 0.3) is 0 Å². The number of imidazole rings is 1. The molecule has 0 bridgehead atoms. The number of hydrogen-bond acceptors (Lipinski definition) is 2. The van der Waals surface area contributed by atoms with Gasteiger partial charge in [-0.25, -0.2) is 4.98 Å². The highest BCUT2D eigenvalue weighted by molar-refractivity contribution is 5.04. The molecular weight excluding hydrogens is 150 g/mol. The minimum Gasteiger partial charge on any atom is -0.331 e. The zero-order chi connectivity index (χ0) is 9.14. The Balaban J connectivity index is 2.86. The van der Waals surface area contributed by atoms with E-state index in [2.05, 4.69) is 16.5 Å². The van der Waals surface area contributed by atoms with Gasteiger partial charge >= 0.3 is 0 Å². The Morgan fingerprint density at radius 3 is 2.83 bits per heavy atom. The predicted molar refractivity (Wildman–Crippen MR) is 50.0 cm³/mol. The van der Waals surface area contributed by atoms with Gasteiger partial charge in [-0.05, 0) is 20.3 Å². The fraction of sp³-hybridized carbons (Fsp3) is 0.667. The van der Waals surface area contributed by atoms with Crippen molar-refractivity contribution in [1.29, 1.82) is 0 Å². The average molecular weight is 167 g/mol. The van der Waals surface area contributed by atoms with Gasteiger partial charge < -0.3 is 10.3 Å². The summed E-state index contributed by atoms with van der Waals surface area (Å²) < 4.78 is 2.19. The van der Waals surface area contributed by atoms with E-state index in [4.69, 9.17) is 5.73 Å². The van der Waals surface area contributed by atoms with Gasteiger partial charge in [0.2, 0.25) is 0 Å². The van der Waals surface area contributed by atoms with Crippen LogP contribution in [0.2, 0.25) is 0 Å². The molecule has 0 spiro atoms. The molecule has 1 aromatic rings. The summed E-state index contributed by atoms with van der Waals surface area (Å²) in [5, 5.41) is 0. The van der Waals surface area contributed by atoms with Crippen molar-refractivity contribution in [3.8, 4) is 0 Å². The Morgan fingerprint density at radius 2 is 2.33 bits per heavy atom. The molecule has 68 valence electrons. The second kappa shape index (κ2) is 3.72. The van der Waals surface area contributed by atoms with E-state index in [1.54, 1.807) is 0 Å². The van der Waals surface area contributed by atoms with Crippen LogP contribution in [-0.2, 0) is 13.0 Å². The molecule has 1 heterocycles. The molecular formula is C9H17N3. The summed E-state index contributed by atoms with van der Waals surface area (Å²) in [4.78, 5) is 4.25. The van der Waals surface area contributed by atoms with Crippen LogP contribution < -0.4 is 5.73 Å². The van der Waals surface area contributed by atoms with Crippen LogP contribution in [0.1, 0.15) is 25.4 Å². The summed E-state index contributed by atoms with van der Waals surface area (Å²) in [5.74, 6) is 1.06. The lowest BCUT2D eigenvalue weighted by molar-refractivity contribution is 0.560. The third-order valence-corrected chi connectivity index (χ3v) is 1.97. The fourth-order valence-electron chi connectivity index (χ4n) is 1.33. The number of rotatable bonds is 3. The summed E-state index contributed by atoms with van der Waals surface area (Å²) in [6, 6.07) is 0.197. The molecule has 1 rings (SSSR count). The zero-order valence-electron chi connectivity index (χ0n) is 8.04. The van der Waals surface area contributed by atoms with Gasteiger partial charge in [0.15, 0.2) is 0 Å². The summed E-state index contributed by atoms with van der Waals surface area (Å²) in [6.45, 7) is 7.03. The molecule has 0 aromatic carbocycles. The Bertz CT molecular complexity index is 250. The van der Waals surface area contributed by atoms with Gasteiger partial charge in [-0.3, -0.25) is 0 Å². The fourth-order valence-corrected chi connectivity index (χ4v) is 1.33. The van der Waals surface area contributed by atoms with E-state index in [0.29, 0.717) is 0 Å². The normalized spacial score (nSPS) is 13.3. The minimum absolute atomic E-state index is 0.197. The molecule has 12 heavy (non-hydrogen) atoms. The topological polar surface area (TPSA) is 43.8 Å². The van der Waals surface area contributed by atoms with Crippen molar-refractivity contribution < 1.29 is 0 Å². The van der Waals surface area contributed by atoms with E-state index >= 15 is 0 Å². The van der Waals surface area contributed by atoms with Gasteiger partial charge in [0, 0.05) is 24.5 Å². The van der Waals surface area contributed by atoms with Crippen molar-refractivity contribution in [1.82, 2.24) is 9.55 Å². The van der Waals surface area contributed by atoms with Gasteiger partial charge in [0.05, 0.1) is 0 Å². The lowest BCUT2D eigenvalue weighted by Gasteiger charge is -2.11. The maximum atomic E-state index is 5.73. The Hall–Kier alpha value is -0.830.